The van der Waals surface area contributed by atoms with Gasteiger partial charge >= 0.3 is 6.03 Å². The molecule has 3 rings (SSSR count). The lowest BCUT2D eigenvalue weighted by atomic mass is 9.99. The van der Waals surface area contributed by atoms with E-state index in [-0.39, 0.29) is 23.7 Å². The molecule has 7 heteroatoms. The highest BCUT2D eigenvalue weighted by molar-refractivity contribution is 5.78. The first-order valence-corrected chi connectivity index (χ1v) is 9.31. The highest BCUT2D eigenvalue weighted by Gasteiger charge is 2.25. The Bertz CT molecular complexity index is 623. The molecule has 0 aromatic heterocycles. The number of urea groups is 1. The topological polar surface area (TPSA) is 61.9 Å². The molecule has 0 radical (unpaired) electrons. The van der Waals surface area contributed by atoms with E-state index in [9.17, 15) is 14.0 Å². The van der Waals surface area contributed by atoms with Crippen molar-refractivity contribution in [3.05, 3.63) is 30.1 Å². The number of piperidine rings is 1. The fourth-order valence-electron chi connectivity index (χ4n) is 3.48. The largest absolute Gasteiger partial charge is 0.493 e. The monoisotopic (exact) mass is 363 g/mol. The SMILES string of the molecule is O=C1CCCN1CCNC(=O)N1CCC[C@H](COc2ccc(F)cc2)C1. The van der Waals surface area contributed by atoms with Crippen molar-refractivity contribution >= 4 is 11.9 Å². The average Bonchev–Trinajstić information content (AvgIpc) is 3.06. The molecule has 26 heavy (non-hydrogen) atoms. The van der Waals surface area contributed by atoms with E-state index < -0.39 is 0 Å². The predicted molar refractivity (Wildman–Crippen MR) is 95.4 cm³/mol. The van der Waals surface area contributed by atoms with Gasteiger partial charge in [0.1, 0.15) is 11.6 Å². The molecule has 0 unspecified atom stereocenters. The summed E-state index contributed by atoms with van der Waals surface area (Å²) < 4.78 is 18.6. The van der Waals surface area contributed by atoms with Crippen LogP contribution in [0.15, 0.2) is 24.3 Å². The van der Waals surface area contributed by atoms with Gasteiger partial charge in [-0.1, -0.05) is 0 Å². The molecule has 1 aromatic rings. The zero-order valence-electron chi connectivity index (χ0n) is 15.0. The minimum atomic E-state index is -0.284. The fraction of sp³-hybridized carbons (Fsp3) is 0.579. The maximum atomic E-state index is 12.9. The summed E-state index contributed by atoms with van der Waals surface area (Å²) >= 11 is 0. The van der Waals surface area contributed by atoms with Crippen molar-refractivity contribution in [2.45, 2.75) is 25.7 Å². The van der Waals surface area contributed by atoms with Gasteiger partial charge in [0, 0.05) is 45.1 Å². The number of amides is 3. The Labute approximate surface area is 153 Å². The smallest absolute Gasteiger partial charge is 0.317 e. The number of ether oxygens (including phenoxy) is 1. The quantitative estimate of drug-likeness (QED) is 0.843. The number of nitrogens with zero attached hydrogens (tertiary/aromatic N) is 2. The van der Waals surface area contributed by atoms with Crippen LogP contribution < -0.4 is 10.1 Å². The predicted octanol–water partition coefficient (Wildman–Crippen LogP) is 2.25. The summed E-state index contributed by atoms with van der Waals surface area (Å²) in [5, 5.41) is 2.91. The number of carbonyl (C=O) groups is 2. The van der Waals surface area contributed by atoms with Crippen LogP contribution in [-0.4, -0.2) is 61.1 Å². The van der Waals surface area contributed by atoms with Crippen LogP contribution in [0.2, 0.25) is 0 Å². The fourth-order valence-corrected chi connectivity index (χ4v) is 3.48. The summed E-state index contributed by atoms with van der Waals surface area (Å²) in [6.07, 6.45) is 3.48. The Morgan fingerprint density at radius 1 is 1.23 bits per heavy atom. The van der Waals surface area contributed by atoms with Crippen LogP contribution in [0.3, 0.4) is 0 Å². The highest BCUT2D eigenvalue weighted by atomic mass is 19.1. The number of likely N-dealkylation sites (tertiary alicyclic amines) is 2. The normalized spacial score (nSPS) is 20.3. The Kier molecular flexibility index (Phi) is 6.30. The Hall–Kier alpha value is -2.31. The first-order chi connectivity index (χ1) is 12.6. The minimum Gasteiger partial charge on any atom is -0.493 e. The number of rotatable bonds is 6. The molecule has 0 spiro atoms. The van der Waals surface area contributed by atoms with Crippen molar-refractivity contribution in [3.63, 3.8) is 0 Å². The van der Waals surface area contributed by atoms with E-state index in [4.69, 9.17) is 4.74 Å². The minimum absolute atomic E-state index is 0.0804. The molecule has 1 atom stereocenters. The molecular formula is C19H26FN3O3. The van der Waals surface area contributed by atoms with Crippen LogP contribution in [0.4, 0.5) is 9.18 Å². The number of carbonyl (C=O) groups excluding carboxylic acids is 2. The molecule has 0 aliphatic carbocycles. The third-order valence-corrected chi connectivity index (χ3v) is 4.93. The van der Waals surface area contributed by atoms with Gasteiger partial charge in [-0.15, -0.1) is 0 Å². The van der Waals surface area contributed by atoms with Gasteiger partial charge in [-0.3, -0.25) is 4.79 Å². The molecule has 2 heterocycles. The van der Waals surface area contributed by atoms with Gasteiger partial charge in [-0.05, 0) is 43.5 Å². The Balaban J connectivity index is 1.38. The molecule has 6 nitrogen and oxygen atoms in total. The summed E-state index contributed by atoms with van der Waals surface area (Å²) in [6.45, 7) is 3.75. The van der Waals surface area contributed by atoms with Gasteiger partial charge in [-0.25, -0.2) is 9.18 Å². The second-order valence-corrected chi connectivity index (χ2v) is 6.94. The van der Waals surface area contributed by atoms with E-state index in [2.05, 4.69) is 5.32 Å². The summed E-state index contributed by atoms with van der Waals surface area (Å²) in [4.78, 5) is 27.5. The highest BCUT2D eigenvalue weighted by Crippen LogP contribution is 2.19. The Morgan fingerprint density at radius 3 is 2.77 bits per heavy atom. The van der Waals surface area contributed by atoms with Crippen molar-refractivity contribution < 1.29 is 18.7 Å². The van der Waals surface area contributed by atoms with Gasteiger partial charge in [0.25, 0.3) is 0 Å². The summed E-state index contributed by atoms with van der Waals surface area (Å²) in [5.41, 5.74) is 0. The third kappa shape index (κ3) is 5.09. The van der Waals surface area contributed by atoms with E-state index in [0.29, 0.717) is 38.4 Å². The lowest BCUT2D eigenvalue weighted by molar-refractivity contribution is -0.127. The third-order valence-electron chi connectivity index (χ3n) is 4.93. The first-order valence-electron chi connectivity index (χ1n) is 9.31. The standard InChI is InChI=1S/C19H26FN3O3/c20-16-5-7-17(8-6-16)26-14-15-3-1-11-23(13-15)19(25)21-9-12-22-10-2-4-18(22)24/h5-8,15H,1-4,9-14H2,(H,21,25)/t15-/m0/s1. The van der Waals surface area contributed by atoms with Crippen molar-refractivity contribution in [1.29, 1.82) is 0 Å². The Morgan fingerprint density at radius 2 is 2.04 bits per heavy atom. The van der Waals surface area contributed by atoms with Gasteiger partial charge in [0.05, 0.1) is 6.61 Å². The molecule has 2 aliphatic rings. The maximum Gasteiger partial charge on any atom is 0.317 e. The summed E-state index contributed by atoms with van der Waals surface area (Å²) in [5.74, 6) is 0.798. The second kappa shape index (κ2) is 8.87. The van der Waals surface area contributed by atoms with Crippen molar-refractivity contribution in [2.75, 3.05) is 39.3 Å². The van der Waals surface area contributed by atoms with Crippen molar-refractivity contribution in [1.82, 2.24) is 15.1 Å². The first kappa shape index (κ1) is 18.5. The van der Waals surface area contributed by atoms with Crippen LogP contribution >= 0.6 is 0 Å². The molecule has 3 amide bonds. The van der Waals surface area contributed by atoms with Crippen LogP contribution in [0.5, 0.6) is 5.75 Å². The average molecular weight is 363 g/mol. The van der Waals surface area contributed by atoms with Crippen LogP contribution in [-0.2, 0) is 4.79 Å². The van der Waals surface area contributed by atoms with Crippen molar-refractivity contribution in [3.8, 4) is 5.75 Å². The van der Waals surface area contributed by atoms with Gasteiger partial charge in [0.15, 0.2) is 0 Å². The zero-order chi connectivity index (χ0) is 18.4. The van der Waals surface area contributed by atoms with E-state index in [0.717, 1.165) is 32.4 Å². The second-order valence-electron chi connectivity index (χ2n) is 6.94. The molecule has 0 bridgehead atoms. The van der Waals surface area contributed by atoms with E-state index in [1.165, 1.54) is 12.1 Å². The number of benzene rings is 1. The maximum absolute atomic E-state index is 12.9. The molecule has 1 aromatic carbocycles. The zero-order valence-corrected chi connectivity index (χ0v) is 15.0. The van der Waals surface area contributed by atoms with Crippen molar-refractivity contribution in [2.24, 2.45) is 5.92 Å². The van der Waals surface area contributed by atoms with Crippen LogP contribution in [0.25, 0.3) is 0 Å². The van der Waals surface area contributed by atoms with Gasteiger partial charge in [0.2, 0.25) is 5.91 Å². The van der Waals surface area contributed by atoms with Crippen LogP contribution in [0, 0.1) is 11.7 Å². The number of nitrogens with one attached hydrogen (secondary N) is 1. The number of hydrogen-bond donors (Lipinski definition) is 1. The molecule has 2 aliphatic heterocycles. The lowest BCUT2D eigenvalue weighted by Crippen LogP contribution is -2.48. The van der Waals surface area contributed by atoms with E-state index >= 15 is 0 Å². The molecule has 0 saturated carbocycles. The van der Waals surface area contributed by atoms with Crippen LogP contribution in [0.1, 0.15) is 25.7 Å². The molecule has 2 fully saturated rings. The van der Waals surface area contributed by atoms with Gasteiger partial charge < -0.3 is 19.9 Å². The molecule has 1 N–H and O–H groups in total. The van der Waals surface area contributed by atoms with E-state index in [1.54, 1.807) is 17.0 Å². The molecule has 142 valence electrons. The van der Waals surface area contributed by atoms with E-state index in [1.807, 2.05) is 4.90 Å². The number of halogens is 1. The lowest BCUT2D eigenvalue weighted by Gasteiger charge is -2.32. The molecular weight excluding hydrogens is 337 g/mol. The van der Waals surface area contributed by atoms with Gasteiger partial charge in [-0.2, -0.15) is 0 Å². The summed E-state index contributed by atoms with van der Waals surface area (Å²) in [6, 6.07) is 5.90. The number of hydrogen-bond acceptors (Lipinski definition) is 3. The summed E-state index contributed by atoms with van der Waals surface area (Å²) in [7, 11) is 0. The molecule has 2 saturated heterocycles.